The lowest BCUT2D eigenvalue weighted by molar-refractivity contribution is -0.129. The molecule has 0 bridgehead atoms. The second kappa shape index (κ2) is 6.64. The first-order chi connectivity index (χ1) is 10.1. The van der Waals surface area contributed by atoms with Crippen molar-refractivity contribution < 1.29 is 9.53 Å². The number of ether oxygens (including phenoxy) is 1. The van der Waals surface area contributed by atoms with Gasteiger partial charge in [-0.3, -0.25) is 4.79 Å². The number of aromatic amines is 1. The first kappa shape index (κ1) is 16.7. The summed E-state index contributed by atoms with van der Waals surface area (Å²) in [5.41, 5.74) is 8.37. The topological polar surface area (TPSA) is 93.0 Å². The molecule has 0 atom stereocenters. The summed E-state index contributed by atoms with van der Waals surface area (Å²) in [5.74, 6) is 0.599. The quantitative estimate of drug-likeness (QED) is 0.796. The summed E-state index contributed by atoms with van der Waals surface area (Å²) in [5, 5.41) is 2.87. The van der Waals surface area contributed by atoms with E-state index in [0.717, 1.165) is 16.9 Å². The van der Waals surface area contributed by atoms with Crippen LogP contribution in [-0.2, 0) is 16.1 Å². The van der Waals surface area contributed by atoms with Gasteiger partial charge in [0.05, 0.1) is 23.1 Å². The predicted octanol–water partition coefficient (Wildman–Crippen LogP) is 1.42. The summed E-state index contributed by atoms with van der Waals surface area (Å²) in [7, 11) is 0. The van der Waals surface area contributed by atoms with E-state index in [4.69, 9.17) is 10.5 Å². The van der Waals surface area contributed by atoms with E-state index in [1.165, 1.54) is 5.56 Å². The number of nitrogens with zero attached hydrogens (tertiary/aromatic N) is 1. The highest BCUT2D eigenvalue weighted by molar-refractivity contribution is 5.86. The van der Waals surface area contributed by atoms with Crippen molar-refractivity contribution in [3.05, 3.63) is 29.6 Å². The number of halogens is 1. The standard InChI is InChI=1S/C15H20N4O2.ClH/c1-10-2-3-11-12(8-10)19-13(18-11)9-17-14(20)15(16)4-6-21-7-5-15;/h2-3,8H,4-7,9,16H2,1H3,(H,17,20)(H,18,19);1H. The number of hydrogen-bond donors (Lipinski definition) is 3. The van der Waals surface area contributed by atoms with Crippen LogP contribution in [-0.4, -0.2) is 34.6 Å². The van der Waals surface area contributed by atoms with Gasteiger partial charge in [-0.2, -0.15) is 0 Å². The van der Waals surface area contributed by atoms with Gasteiger partial charge in [0, 0.05) is 13.2 Å². The molecule has 0 aliphatic carbocycles. The molecule has 1 fully saturated rings. The average Bonchev–Trinajstić information content (AvgIpc) is 2.87. The Balaban J connectivity index is 0.00000176. The van der Waals surface area contributed by atoms with E-state index < -0.39 is 5.54 Å². The number of hydrogen-bond acceptors (Lipinski definition) is 4. The van der Waals surface area contributed by atoms with Crippen LogP contribution in [0.15, 0.2) is 18.2 Å². The van der Waals surface area contributed by atoms with E-state index in [-0.39, 0.29) is 18.3 Å². The number of carbonyl (C=O) groups is 1. The van der Waals surface area contributed by atoms with Crippen LogP contribution in [0, 0.1) is 6.92 Å². The van der Waals surface area contributed by atoms with Crippen molar-refractivity contribution >= 4 is 29.3 Å². The normalized spacial score (nSPS) is 17.0. The first-order valence-corrected chi connectivity index (χ1v) is 7.17. The third-order valence-corrected chi connectivity index (χ3v) is 3.94. The lowest BCUT2D eigenvalue weighted by Gasteiger charge is -2.31. The zero-order valence-electron chi connectivity index (χ0n) is 12.5. The molecule has 7 heteroatoms. The lowest BCUT2D eigenvalue weighted by Crippen LogP contribution is -2.56. The molecule has 6 nitrogen and oxygen atoms in total. The number of rotatable bonds is 3. The highest BCUT2D eigenvalue weighted by Gasteiger charge is 2.35. The Labute approximate surface area is 135 Å². The number of fused-ring (bicyclic) bond motifs is 1. The fourth-order valence-corrected chi connectivity index (χ4v) is 2.56. The van der Waals surface area contributed by atoms with E-state index in [9.17, 15) is 4.79 Å². The number of carbonyl (C=O) groups excluding carboxylic acids is 1. The molecule has 3 rings (SSSR count). The molecular weight excluding hydrogens is 304 g/mol. The average molecular weight is 325 g/mol. The van der Waals surface area contributed by atoms with Crippen LogP contribution in [0.3, 0.4) is 0 Å². The van der Waals surface area contributed by atoms with Crippen LogP contribution in [0.25, 0.3) is 11.0 Å². The molecule has 4 N–H and O–H groups in total. The number of imidazole rings is 1. The van der Waals surface area contributed by atoms with Crippen LogP contribution in [0.1, 0.15) is 24.2 Å². The van der Waals surface area contributed by atoms with Gasteiger partial charge in [0.15, 0.2) is 0 Å². The fraction of sp³-hybridized carbons (Fsp3) is 0.467. The van der Waals surface area contributed by atoms with Crippen molar-refractivity contribution in [2.24, 2.45) is 5.73 Å². The van der Waals surface area contributed by atoms with Crippen molar-refractivity contribution in [3.63, 3.8) is 0 Å². The van der Waals surface area contributed by atoms with E-state index in [1.54, 1.807) is 0 Å². The van der Waals surface area contributed by atoms with Gasteiger partial charge in [0.2, 0.25) is 5.91 Å². The maximum atomic E-state index is 12.2. The van der Waals surface area contributed by atoms with E-state index in [0.29, 0.717) is 32.6 Å². The monoisotopic (exact) mass is 324 g/mol. The third kappa shape index (κ3) is 3.40. The molecule has 0 radical (unpaired) electrons. The van der Waals surface area contributed by atoms with Crippen molar-refractivity contribution in [3.8, 4) is 0 Å². The summed E-state index contributed by atoms with van der Waals surface area (Å²) in [6, 6.07) is 6.02. The zero-order valence-corrected chi connectivity index (χ0v) is 13.3. The van der Waals surface area contributed by atoms with Gasteiger partial charge in [-0.15, -0.1) is 12.4 Å². The third-order valence-electron chi connectivity index (χ3n) is 3.94. The number of benzene rings is 1. The predicted molar refractivity (Wildman–Crippen MR) is 86.9 cm³/mol. The highest BCUT2D eigenvalue weighted by atomic mass is 35.5. The van der Waals surface area contributed by atoms with Gasteiger partial charge in [0.1, 0.15) is 5.82 Å². The van der Waals surface area contributed by atoms with Gasteiger partial charge in [-0.05, 0) is 37.5 Å². The van der Waals surface area contributed by atoms with Crippen LogP contribution in [0.4, 0.5) is 0 Å². The Hall–Kier alpha value is -1.63. The molecule has 1 aliphatic heterocycles. The molecule has 22 heavy (non-hydrogen) atoms. The minimum absolute atomic E-state index is 0. The van der Waals surface area contributed by atoms with E-state index in [1.807, 2.05) is 25.1 Å². The number of amides is 1. The molecule has 2 heterocycles. The lowest BCUT2D eigenvalue weighted by atomic mass is 9.90. The molecule has 1 aromatic carbocycles. The molecule has 0 saturated carbocycles. The largest absolute Gasteiger partial charge is 0.381 e. The molecular formula is C15H21ClN4O2. The van der Waals surface area contributed by atoms with Gasteiger partial charge < -0.3 is 20.8 Å². The number of nitrogens with two attached hydrogens (primary N) is 1. The van der Waals surface area contributed by atoms with Gasteiger partial charge in [-0.25, -0.2) is 4.98 Å². The van der Waals surface area contributed by atoms with Crippen molar-refractivity contribution in [2.45, 2.75) is 31.8 Å². The van der Waals surface area contributed by atoms with Crippen LogP contribution in [0.2, 0.25) is 0 Å². The maximum absolute atomic E-state index is 12.2. The van der Waals surface area contributed by atoms with Gasteiger partial charge in [0.25, 0.3) is 0 Å². The number of aryl methyl sites for hydroxylation is 1. The van der Waals surface area contributed by atoms with Crippen LogP contribution >= 0.6 is 12.4 Å². The fourth-order valence-electron chi connectivity index (χ4n) is 2.56. The minimum Gasteiger partial charge on any atom is -0.381 e. The van der Waals surface area contributed by atoms with Crippen LogP contribution < -0.4 is 11.1 Å². The smallest absolute Gasteiger partial charge is 0.240 e. The Morgan fingerprint density at radius 1 is 1.45 bits per heavy atom. The Bertz CT molecular complexity index is 665. The summed E-state index contributed by atoms with van der Waals surface area (Å²) >= 11 is 0. The number of aromatic nitrogens is 2. The molecule has 1 saturated heterocycles. The minimum atomic E-state index is -0.819. The number of nitrogens with one attached hydrogen (secondary N) is 2. The van der Waals surface area contributed by atoms with Gasteiger partial charge in [-0.1, -0.05) is 6.07 Å². The maximum Gasteiger partial charge on any atom is 0.240 e. The van der Waals surface area contributed by atoms with E-state index >= 15 is 0 Å². The second-order valence-corrected chi connectivity index (χ2v) is 5.66. The molecule has 0 unspecified atom stereocenters. The molecule has 1 amide bonds. The summed E-state index contributed by atoms with van der Waals surface area (Å²) in [4.78, 5) is 19.9. The molecule has 120 valence electrons. The summed E-state index contributed by atoms with van der Waals surface area (Å²) in [6.07, 6.45) is 1.11. The molecule has 2 aromatic rings. The Morgan fingerprint density at radius 3 is 2.91 bits per heavy atom. The summed E-state index contributed by atoms with van der Waals surface area (Å²) < 4.78 is 5.25. The Kier molecular flexibility index (Phi) is 5.05. The number of H-pyrrole nitrogens is 1. The zero-order chi connectivity index (χ0) is 14.9. The second-order valence-electron chi connectivity index (χ2n) is 5.66. The van der Waals surface area contributed by atoms with Gasteiger partial charge >= 0.3 is 0 Å². The summed E-state index contributed by atoms with van der Waals surface area (Å²) in [6.45, 7) is 3.46. The van der Waals surface area contributed by atoms with E-state index in [2.05, 4.69) is 15.3 Å². The van der Waals surface area contributed by atoms with Crippen molar-refractivity contribution in [1.29, 1.82) is 0 Å². The first-order valence-electron chi connectivity index (χ1n) is 7.17. The van der Waals surface area contributed by atoms with Crippen molar-refractivity contribution in [1.82, 2.24) is 15.3 Å². The SMILES string of the molecule is Cc1ccc2nc(CNC(=O)C3(N)CCOCC3)[nH]c2c1.Cl. The molecule has 1 aromatic heterocycles. The van der Waals surface area contributed by atoms with Crippen molar-refractivity contribution in [2.75, 3.05) is 13.2 Å². The van der Waals surface area contributed by atoms with Crippen LogP contribution in [0.5, 0.6) is 0 Å². The molecule has 0 spiro atoms. The highest BCUT2D eigenvalue weighted by Crippen LogP contribution is 2.18. The Morgan fingerprint density at radius 2 is 2.18 bits per heavy atom. The molecule has 1 aliphatic rings.